The average Bonchev–Trinajstić information content (AvgIpc) is 2.62. The lowest BCUT2D eigenvalue weighted by Gasteiger charge is -2.21. The van der Waals surface area contributed by atoms with E-state index in [1.807, 2.05) is 0 Å². The van der Waals surface area contributed by atoms with Gasteiger partial charge in [0, 0.05) is 5.56 Å². The van der Waals surface area contributed by atoms with Crippen molar-refractivity contribution in [3.05, 3.63) is 35.9 Å². The fraction of sp³-hybridized carbons (Fsp3) is 0.667. The van der Waals surface area contributed by atoms with Crippen molar-refractivity contribution in [3.63, 3.8) is 0 Å². The molecule has 0 saturated carbocycles. The lowest BCUT2D eigenvalue weighted by Crippen LogP contribution is -2.45. The second-order valence-electron chi connectivity index (χ2n) is 6.90. The first-order chi connectivity index (χ1) is 12.4. The zero-order valence-corrected chi connectivity index (χ0v) is 15.8. The Hall–Kier alpha value is -1.52. The molecule has 0 spiro atoms. The van der Waals surface area contributed by atoms with Gasteiger partial charge in [0.25, 0.3) is 5.91 Å². The van der Waals surface area contributed by atoms with Gasteiger partial charge in [-0.3, -0.25) is 4.79 Å². The first kappa shape index (κ1) is 22.5. The number of carbonyl (C=O) groups is 1. The summed E-state index contributed by atoms with van der Waals surface area (Å²) in [6, 6.07) is 6.26. The molecule has 1 rings (SSSR count). The summed E-state index contributed by atoms with van der Waals surface area (Å²) in [5, 5.41) is 2.14. The smallest absolute Gasteiger partial charge is 0.340 e. The molecule has 5 heteroatoms. The minimum absolute atomic E-state index is 0.0570. The van der Waals surface area contributed by atoms with Gasteiger partial charge >= 0.3 is 6.18 Å². The van der Waals surface area contributed by atoms with E-state index in [0.717, 1.165) is 25.7 Å². The minimum atomic E-state index is -4.41. The van der Waals surface area contributed by atoms with Gasteiger partial charge < -0.3 is 5.32 Å². The highest BCUT2D eigenvalue weighted by Gasteiger charge is 2.40. The molecule has 0 bridgehead atoms. The Morgan fingerprint density at radius 3 is 1.88 bits per heavy atom. The highest BCUT2D eigenvalue weighted by atomic mass is 19.4. The van der Waals surface area contributed by atoms with E-state index in [-0.39, 0.29) is 12.0 Å². The van der Waals surface area contributed by atoms with Crippen LogP contribution in [0, 0.1) is 0 Å². The molecule has 2 nitrogen and oxygen atoms in total. The molecule has 26 heavy (non-hydrogen) atoms. The molecule has 0 aliphatic carbocycles. The van der Waals surface area contributed by atoms with E-state index in [1.54, 1.807) is 18.2 Å². The molecule has 0 aliphatic rings. The summed E-state index contributed by atoms with van der Waals surface area (Å²) < 4.78 is 39.5. The number of nitrogens with one attached hydrogen (secondary N) is 1. The highest BCUT2D eigenvalue weighted by Crippen LogP contribution is 2.25. The molecule has 0 radical (unpaired) electrons. The fourth-order valence-electron chi connectivity index (χ4n) is 2.98. The third-order valence-corrected chi connectivity index (χ3v) is 4.58. The summed E-state index contributed by atoms with van der Waals surface area (Å²) in [4.78, 5) is 12.0. The largest absolute Gasteiger partial charge is 0.408 e. The van der Waals surface area contributed by atoms with Crippen molar-refractivity contribution in [1.82, 2.24) is 5.32 Å². The van der Waals surface area contributed by atoms with Crippen molar-refractivity contribution in [2.75, 3.05) is 0 Å². The minimum Gasteiger partial charge on any atom is -0.340 e. The van der Waals surface area contributed by atoms with Crippen LogP contribution in [0.15, 0.2) is 30.3 Å². The van der Waals surface area contributed by atoms with Crippen molar-refractivity contribution in [2.45, 2.75) is 89.8 Å². The van der Waals surface area contributed by atoms with Crippen LogP contribution in [0.3, 0.4) is 0 Å². The molecule has 1 amide bonds. The van der Waals surface area contributed by atoms with E-state index in [4.69, 9.17) is 0 Å². The molecule has 1 N–H and O–H groups in total. The van der Waals surface area contributed by atoms with Gasteiger partial charge in [0.1, 0.15) is 6.04 Å². The maximum Gasteiger partial charge on any atom is 0.408 e. The topological polar surface area (TPSA) is 29.1 Å². The molecule has 0 fully saturated rings. The summed E-state index contributed by atoms with van der Waals surface area (Å²) in [5.74, 6) is -0.667. The second-order valence-corrected chi connectivity index (χ2v) is 6.90. The van der Waals surface area contributed by atoms with Crippen LogP contribution in [-0.2, 0) is 0 Å². The zero-order valence-electron chi connectivity index (χ0n) is 15.8. The average molecular weight is 371 g/mol. The fourth-order valence-corrected chi connectivity index (χ4v) is 2.98. The van der Waals surface area contributed by atoms with Crippen LogP contribution in [0.1, 0.15) is 87.9 Å². The van der Waals surface area contributed by atoms with Crippen LogP contribution in [0.25, 0.3) is 0 Å². The molecule has 0 saturated heterocycles. The number of carbonyl (C=O) groups excluding carboxylic acids is 1. The lowest BCUT2D eigenvalue weighted by atomic mass is 10.0. The molecule has 0 aromatic heterocycles. The van der Waals surface area contributed by atoms with Crippen LogP contribution in [0.4, 0.5) is 13.2 Å². The van der Waals surface area contributed by atoms with Crippen LogP contribution in [-0.4, -0.2) is 18.1 Å². The van der Waals surface area contributed by atoms with Crippen LogP contribution in [0.5, 0.6) is 0 Å². The van der Waals surface area contributed by atoms with Crippen molar-refractivity contribution >= 4 is 5.91 Å². The van der Waals surface area contributed by atoms with E-state index in [2.05, 4.69) is 12.2 Å². The number of hydrogen-bond acceptors (Lipinski definition) is 1. The molecule has 0 aliphatic heterocycles. The van der Waals surface area contributed by atoms with E-state index in [0.29, 0.717) is 6.42 Å². The van der Waals surface area contributed by atoms with Crippen molar-refractivity contribution in [3.8, 4) is 0 Å². The zero-order chi connectivity index (χ0) is 19.3. The van der Waals surface area contributed by atoms with E-state index in [1.165, 1.54) is 44.2 Å². The van der Waals surface area contributed by atoms with Gasteiger partial charge in [-0.15, -0.1) is 0 Å². The number of rotatable bonds is 13. The Morgan fingerprint density at radius 1 is 0.885 bits per heavy atom. The number of hydrogen-bond donors (Lipinski definition) is 1. The normalized spacial score (nSPS) is 12.8. The first-order valence-electron chi connectivity index (χ1n) is 9.87. The summed E-state index contributed by atoms with van der Waals surface area (Å²) in [6.45, 7) is 2.19. The predicted molar refractivity (Wildman–Crippen MR) is 100 cm³/mol. The Labute approximate surface area is 155 Å². The molecular formula is C21H32F3NO. The molecule has 148 valence electrons. The van der Waals surface area contributed by atoms with E-state index < -0.39 is 18.1 Å². The first-order valence-corrected chi connectivity index (χ1v) is 9.87. The maximum atomic E-state index is 13.2. The Morgan fingerprint density at radius 2 is 1.38 bits per heavy atom. The summed E-state index contributed by atoms with van der Waals surface area (Å²) >= 11 is 0. The standard InChI is InChI=1S/C21H32F3NO/c1-2-3-4-5-6-7-8-9-10-14-17-19(21(22,23)24)25-20(26)18-15-12-11-13-16-18/h11-13,15-16,19H,2-10,14,17H2,1H3,(H,25,26)/t19-/m0/s1. The molecule has 0 unspecified atom stereocenters. The van der Waals surface area contributed by atoms with Gasteiger partial charge in [-0.25, -0.2) is 0 Å². The van der Waals surface area contributed by atoms with E-state index >= 15 is 0 Å². The Balaban J connectivity index is 2.24. The van der Waals surface area contributed by atoms with Gasteiger partial charge in [0.15, 0.2) is 0 Å². The van der Waals surface area contributed by atoms with Crippen molar-refractivity contribution in [1.29, 1.82) is 0 Å². The Bertz CT molecular complexity index is 488. The highest BCUT2D eigenvalue weighted by molar-refractivity contribution is 5.94. The third-order valence-electron chi connectivity index (χ3n) is 4.58. The monoisotopic (exact) mass is 371 g/mol. The van der Waals surface area contributed by atoms with Crippen LogP contribution < -0.4 is 5.32 Å². The quantitative estimate of drug-likeness (QED) is 0.386. The van der Waals surface area contributed by atoms with Gasteiger partial charge in [0.2, 0.25) is 0 Å². The van der Waals surface area contributed by atoms with Crippen molar-refractivity contribution < 1.29 is 18.0 Å². The van der Waals surface area contributed by atoms with Gasteiger partial charge in [-0.2, -0.15) is 13.2 Å². The van der Waals surface area contributed by atoms with E-state index in [9.17, 15) is 18.0 Å². The molecular weight excluding hydrogens is 339 g/mol. The SMILES string of the molecule is CCCCCCCCCCCC[C@H](NC(=O)c1ccccc1)C(F)(F)F. The molecule has 1 atom stereocenters. The molecule has 0 heterocycles. The maximum absolute atomic E-state index is 13.2. The molecule has 1 aromatic rings. The molecule has 1 aromatic carbocycles. The summed E-state index contributed by atoms with van der Waals surface area (Å²) in [5.41, 5.74) is 0.254. The number of unbranched alkanes of at least 4 members (excludes halogenated alkanes) is 9. The second kappa shape index (κ2) is 12.8. The van der Waals surface area contributed by atoms with Gasteiger partial charge in [0.05, 0.1) is 0 Å². The lowest BCUT2D eigenvalue weighted by molar-refractivity contribution is -0.155. The van der Waals surface area contributed by atoms with Crippen molar-refractivity contribution in [2.24, 2.45) is 0 Å². The summed E-state index contributed by atoms with van der Waals surface area (Å²) in [7, 11) is 0. The third kappa shape index (κ3) is 9.83. The van der Waals surface area contributed by atoms with Crippen LogP contribution >= 0.6 is 0 Å². The number of amides is 1. The number of alkyl halides is 3. The number of halogens is 3. The van der Waals surface area contributed by atoms with Crippen LogP contribution in [0.2, 0.25) is 0 Å². The van der Waals surface area contributed by atoms with Gasteiger partial charge in [-0.05, 0) is 18.6 Å². The summed E-state index contributed by atoms with van der Waals surface area (Å²) in [6.07, 6.45) is 6.29. The number of benzene rings is 1. The van der Waals surface area contributed by atoms with Gasteiger partial charge in [-0.1, -0.05) is 89.3 Å². The predicted octanol–water partition coefficient (Wildman–Crippen LogP) is 6.66. The Kier molecular flexibility index (Phi) is 11.1.